The quantitative estimate of drug-likeness (QED) is 0.740. The Morgan fingerprint density at radius 2 is 1.76 bits per heavy atom. The number of carbonyl (C=O) groups excluding carboxylic acids is 1. The molecule has 1 atom stereocenters. The van der Waals surface area contributed by atoms with Crippen molar-refractivity contribution in [1.82, 2.24) is 9.62 Å². The molecule has 8 heteroatoms. The fourth-order valence-electron chi connectivity index (χ4n) is 2.85. The number of quaternary nitrogens is 1. The number of hydrogen-bond acceptors (Lipinski definition) is 3. The van der Waals surface area contributed by atoms with Gasteiger partial charge in [0, 0.05) is 11.6 Å². The Labute approximate surface area is 155 Å². The van der Waals surface area contributed by atoms with Gasteiger partial charge in [0.1, 0.15) is 0 Å². The largest absolute Gasteiger partial charge is 0.351 e. The molecule has 140 valence electrons. The number of halogens is 1. The zero-order valence-corrected chi connectivity index (χ0v) is 16.5. The second-order valence-corrected chi connectivity index (χ2v) is 9.25. The molecule has 1 fully saturated rings. The molecule has 0 saturated carbocycles. The van der Waals surface area contributed by atoms with Crippen LogP contribution in [0.15, 0.2) is 29.2 Å². The van der Waals surface area contributed by atoms with Crippen LogP contribution in [0.5, 0.6) is 0 Å². The van der Waals surface area contributed by atoms with Crippen molar-refractivity contribution in [3.8, 4) is 0 Å². The zero-order valence-electron chi connectivity index (χ0n) is 15.0. The molecule has 1 saturated heterocycles. The first-order valence-corrected chi connectivity index (χ1v) is 10.4. The van der Waals surface area contributed by atoms with Crippen LogP contribution in [0.3, 0.4) is 0 Å². The van der Waals surface area contributed by atoms with E-state index < -0.39 is 10.0 Å². The summed E-state index contributed by atoms with van der Waals surface area (Å²) in [4.78, 5) is 13.6. The van der Waals surface area contributed by atoms with E-state index in [9.17, 15) is 13.2 Å². The van der Waals surface area contributed by atoms with E-state index in [-0.39, 0.29) is 16.8 Å². The molecule has 0 spiro atoms. The number of nitrogens with zero attached hydrogens (tertiary/aromatic N) is 1. The summed E-state index contributed by atoms with van der Waals surface area (Å²) in [6.07, 6.45) is 0. The molecule has 1 amide bonds. The van der Waals surface area contributed by atoms with Gasteiger partial charge in [0.05, 0.1) is 31.1 Å². The number of nitrogens with one attached hydrogen (secondary N) is 2. The van der Waals surface area contributed by atoms with E-state index in [2.05, 4.69) is 19.2 Å². The minimum atomic E-state index is -3.51. The Bertz CT molecular complexity index is 684. The lowest BCUT2D eigenvalue weighted by Gasteiger charge is -2.34. The van der Waals surface area contributed by atoms with Gasteiger partial charge in [-0.05, 0) is 37.1 Å². The first-order chi connectivity index (χ1) is 11.7. The van der Waals surface area contributed by atoms with Crippen LogP contribution in [0.2, 0.25) is 5.02 Å². The van der Waals surface area contributed by atoms with Gasteiger partial charge in [-0.3, -0.25) is 4.79 Å². The van der Waals surface area contributed by atoms with Crippen molar-refractivity contribution in [2.45, 2.75) is 31.7 Å². The molecule has 6 nitrogen and oxygen atoms in total. The normalized spacial score (nSPS) is 18.3. The zero-order chi connectivity index (χ0) is 18.6. The van der Waals surface area contributed by atoms with Crippen molar-refractivity contribution in [1.29, 1.82) is 0 Å². The van der Waals surface area contributed by atoms with Gasteiger partial charge >= 0.3 is 0 Å². The van der Waals surface area contributed by atoms with Gasteiger partial charge in [-0.2, -0.15) is 4.31 Å². The molecule has 1 aliphatic heterocycles. The predicted molar refractivity (Wildman–Crippen MR) is 98.2 cm³/mol. The van der Waals surface area contributed by atoms with Gasteiger partial charge in [0.25, 0.3) is 5.91 Å². The van der Waals surface area contributed by atoms with Crippen molar-refractivity contribution in [2.75, 3.05) is 32.7 Å². The van der Waals surface area contributed by atoms with E-state index in [1.54, 1.807) is 12.1 Å². The predicted octanol–water partition coefficient (Wildman–Crippen LogP) is 0.390. The van der Waals surface area contributed by atoms with E-state index in [0.29, 0.717) is 43.7 Å². The summed E-state index contributed by atoms with van der Waals surface area (Å²) >= 11 is 5.83. The van der Waals surface area contributed by atoms with Crippen LogP contribution in [-0.4, -0.2) is 57.4 Å². The van der Waals surface area contributed by atoms with Crippen LogP contribution in [0.1, 0.15) is 20.8 Å². The molecule has 2 rings (SSSR count). The van der Waals surface area contributed by atoms with Gasteiger partial charge < -0.3 is 10.2 Å². The van der Waals surface area contributed by atoms with Gasteiger partial charge in [0.2, 0.25) is 10.0 Å². The molecular weight excluding hydrogens is 362 g/mol. The Hall–Kier alpha value is -1.15. The number of rotatable bonds is 6. The molecule has 25 heavy (non-hydrogen) atoms. The van der Waals surface area contributed by atoms with Crippen molar-refractivity contribution in [3.05, 3.63) is 29.3 Å². The van der Waals surface area contributed by atoms with E-state index >= 15 is 0 Å². The van der Waals surface area contributed by atoms with E-state index in [4.69, 9.17) is 11.6 Å². The summed E-state index contributed by atoms with van der Waals surface area (Å²) in [7, 11) is -3.51. The van der Waals surface area contributed by atoms with Crippen LogP contribution < -0.4 is 10.2 Å². The first kappa shape index (κ1) is 20.2. The standard InChI is InChI=1S/C17H26ClN3O3S/c1-13(2)12-19-17(22)14(3)20-8-10-21(11-9-20)25(23,24)16-6-4-15(18)5-7-16/h4-7,13-14H,8-12H2,1-3H3,(H,19,22)/p+1/t14-/m1/s1. The average molecular weight is 389 g/mol. The topological polar surface area (TPSA) is 70.9 Å². The summed E-state index contributed by atoms with van der Waals surface area (Å²) in [5.41, 5.74) is 0. The monoisotopic (exact) mass is 388 g/mol. The Kier molecular flexibility index (Phi) is 6.85. The highest BCUT2D eigenvalue weighted by molar-refractivity contribution is 7.89. The maximum atomic E-state index is 12.7. The third kappa shape index (κ3) is 5.17. The van der Waals surface area contributed by atoms with Crippen molar-refractivity contribution in [2.24, 2.45) is 5.92 Å². The van der Waals surface area contributed by atoms with Crippen LogP contribution in [0, 0.1) is 5.92 Å². The SMILES string of the molecule is CC(C)CNC(=O)[C@@H](C)[NH+]1CCN(S(=O)(=O)c2ccc(Cl)cc2)CC1. The Morgan fingerprint density at radius 3 is 2.28 bits per heavy atom. The van der Waals surface area contributed by atoms with Gasteiger partial charge in [-0.25, -0.2) is 8.42 Å². The van der Waals surface area contributed by atoms with E-state index in [1.165, 1.54) is 16.4 Å². The van der Waals surface area contributed by atoms with Crippen LogP contribution >= 0.6 is 11.6 Å². The molecule has 1 aliphatic rings. The number of benzene rings is 1. The lowest BCUT2D eigenvalue weighted by molar-refractivity contribution is -0.917. The molecule has 0 unspecified atom stereocenters. The highest BCUT2D eigenvalue weighted by atomic mass is 35.5. The molecule has 0 radical (unpaired) electrons. The summed E-state index contributed by atoms with van der Waals surface area (Å²) < 4.78 is 26.8. The Balaban J connectivity index is 1.94. The highest BCUT2D eigenvalue weighted by Gasteiger charge is 2.34. The van der Waals surface area contributed by atoms with Gasteiger partial charge in [-0.1, -0.05) is 25.4 Å². The van der Waals surface area contributed by atoms with Crippen LogP contribution in [0.4, 0.5) is 0 Å². The molecular formula is C17H27ClN3O3S+. The lowest BCUT2D eigenvalue weighted by Crippen LogP contribution is -3.19. The third-order valence-corrected chi connectivity index (χ3v) is 6.67. The highest BCUT2D eigenvalue weighted by Crippen LogP contribution is 2.18. The minimum absolute atomic E-state index is 0.0257. The maximum absolute atomic E-state index is 12.7. The van der Waals surface area contributed by atoms with E-state index in [1.807, 2.05) is 6.92 Å². The molecule has 0 bridgehead atoms. The molecule has 0 aliphatic carbocycles. The molecule has 0 aromatic heterocycles. The fraction of sp³-hybridized carbons (Fsp3) is 0.588. The number of hydrogen-bond donors (Lipinski definition) is 2. The minimum Gasteiger partial charge on any atom is -0.351 e. The number of piperazine rings is 1. The number of sulfonamides is 1. The van der Waals surface area contributed by atoms with Crippen molar-refractivity contribution >= 4 is 27.5 Å². The van der Waals surface area contributed by atoms with Crippen molar-refractivity contribution in [3.63, 3.8) is 0 Å². The average Bonchev–Trinajstić information content (AvgIpc) is 2.59. The van der Waals surface area contributed by atoms with E-state index in [0.717, 1.165) is 4.90 Å². The second-order valence-electron chi connectivity index (χ2n) is 6.88. The summed E-state index contributed by atoms with van der Waals surface area (Å²) in [5.74, 6) is 0.435. The first-order valence-electron chi connectivity index (χ1n) is 8.60. The second kappa shape index (κ2) is 8.49. The maximum Gasteiger partial charge on any atom is 0.278 e. The van der Waals surface area contributed by atoms with Crippen molar-refractivity contribution < 1.29 is 18.1 Å². The Morgan fingerprint density at radius 1 is 1.20 bits per heavy atom. The van der Waals surface area contributed by atoms with Crippen LogP contribution in [-0.2, 0) is 14.8 Å². The summed E-state index contributed by atoms with van der Waals surface area (Å²) in [6, 6.07) is 6.03. The molecule has 1 heterocycles. The number of carbonyl (C=O) groups is 1. The molecule has 1 aromatic carbocycles. The smallest absolute Gasteiger partial charge is 0.278 e. The molecule has 1 aromatic rings. The van der Waals surface area contributed by atoms with Gasteiger partial charge in [0.15, 0.2) is 6.04 Å². The summed E-state index contributed by atoms with van der Waals surface area (Å²) in [5, 5.41) is 3.46. The number of amides is 1. The van der Waals surface area contributed by atoms with Crippen LogP contribution in [0.25, 0.3) is 0 Å². The molecule has 2 N–H and O–H groups in total. The summed E-state index contributed by atoms with van der Waals surface area (Å²) in [6.45, 7) is 8.70. The fourth-order valence-corrected chi connectivity index (χ4v) is 4.41. The third-order valence-electron chi connectivity index (χ3n) is 4.51. The van der Waals surface area contributed by atoms with Gasteiger partial charge in [-0.15, -0.1) is 0 Å². The lowest BCUT2D eigenvalue weighted by atomic mass is 10.2.